The molecule has 0 aliphatic rings. The zero-order valence-electron chi connectivity index (χ0n) is 9.59. The molecule has 2 aromatic rings. The summed E-state index contributed by atoms with van der Waals surface area (Å²) in [5.74, 6) is -1.38. The SMILES string of the molecule is O=C(O)/C=C/C(=O)Nc1cccnc1-n1cncn1. The first-order valence-corrected chi connectivity index (χ1v) is 5.19. The number of carbonyl (C=O) groups excluding carboxylic acids is 1. The van der Waals surface area contributed by atoms with Gasteiger partial charge in [-0.3, -0.25) is 4.79 Å². The number of carboxylic acids is 1. The normalized spacial score (nSPS) is 10.5. The van der Waals surface area contributed by atoms with Gasteiger partial charge in [-0.2, -0.15) is 5.10 Å². The van der Waals surface area contributed by atoms with Gasteiger partial charge < -0.3 is 10.4 Å². The first kappa shape index (κ1) is 12.4. The van der Waals surface area contributed by atoms with Gasteiger partial charge in [0.05, 0.1) is 5.69 Å². The van der Waals surface area contributed by atoms with Gasteiger partial charge in [0.2, 0.25) is 5.91 Å². The molecule has 2 N–H and O–H groups in total. The van der Waals surface area contributed by atoms with E-state index in [1.165, 1.54) is 17.3 Å². The molecule has 0 aromatic carbocycles. The first-order chi connectivity index (χ1) is 9.16. The Kier molecular flexibility index (Phi) is 3.62. The van der Waals surface area contributed by atoms with Crippen molar-refractivity contribution < 1.29 is 14.7 Å². The topological polar surface area (TPSA) is 110 Å². The summed E-state index contributed by atoms with van der Waals surface area (Å²) in [4.78, 5) is 29.7. The van der Waals surface area contributed by atoms with Crippen LogP contribution in [0.5, 0.6) is 0 Å². The molecule has 0 fully saturated rings. The van der Waals surface area contributed by atoms with E-state index in [2.05, 4.69) is 20.4 Å². The molecule has 0 aliphatic heterocycles. The van der Waals surface area contributed by atoms with E-state index in [-0.39, 0.29) is 0 Å². The number of aromatic nitrogens is 4. The van der Waals surface area contributed by atoms with Crippen molar-refractivity contribution in [2.24, 2.45) is 0 Å². The molecule has 96 valence electrons. The fourth-order valence-electron chi connectivity index (χ4n) is 1.32. The molecule has 0 saturated heterocycles. The van der Waals surface area contributed by atoms with Gasteiger partial charge in [0.25, 0.3) is 0 Å². The Hall–Kier alpha value is -3.03. The van der Waals surface area contributed by atoms with E-state index in [9.17, 15) is 9.59 Å². The van der Waals surface area contributed by atoms with Gasteiger partial charge >= 0.3 is 5.97 Å². The molecule has 2 aromatic heterocycles. The average molecular weight is 259 g/mol. The third kappa shape index (κ3) is 3.22. The summed E-state index contributed by atoms with van der Waals surface area (Å²) in [6, 6.07) is 3.26. The highest BCUT2D eigenvalue weighted by atomic mass is 16.4. The van der Waals surface area contributed by atoms with Crippen LogP contribution in [-0.2, 0) is 9.59 Å². The van der Waals surface area contributed by atoms with Crippen LogP contribution in [0.25, 0.3) is 5.82 Å². The molecular weight excluding hydrogens is 250 g/mol. The lowest BCUT2D eigenvalue weighted by Crippen LogP contribution is -2.12. The molecule has 8 nitrogen and oxygen atoms in total. The van der Waals surface area contributed by atoms with E-state index >= 15 is 0 Å². The van der Waals surface area contributed by atoms with Gasteiger partial charge in [0, 0.05) is 18.3 Å². The number of rotatable bonds is 4. The molecule has 1 amide bonds. The van der Waals surface area contributed by atoms with Crippen molar-refractivity contribution in [3.8, 4) is 5.82 Å². The largest absolute Gasteiger partial charge is 0.478 e. The Morgan fingerprint density at radius 2 is 2.21 bits per heavy atom. The van der Waals surface area contributed by atoms with Gasteiger partial charge in [0.1, 0.15) is 12.7 Å². The summed E-state index contributed by atoms with van der Waals surface area (Å²) in [5.41, 5.74) is 0.396. The van der Waals surface area contributed by atoms with Crippen molar-refractivity contribution in [1.29, 1.82) is 0 Å². The fourth-order valence-corrected chi connectivity index (χ4v) is 1.32. The van der Waals surface area contributed by atoms with E-state index in [4.69, 9.17) is 5.11 Å². The molecule has 2 heterocycles. The number of nitrogens with zero attached hydrogens (tertiary/aromatic N) is 4. The van der Waals surface area contributed by atoms with Gasteiger partial charge in [-0.1, -0.05) is 0 Å². The smallest absolute Gasteiger partial charge is 0.328 e. The van der Waals surface area contributed by atoms with Crippen molar-refractivity contribution in [2.45, 2.75) is 0 Å². The predicted octanol–water partition coefficient (Wildman–Crippen LogP) is 0.242. The van der Waals surface area contributed by atoms with Crippen LogP contribution < -0.4 is 5.32 Å². The molecule has 2 rings (SSSR count). The monoisotopic (exact) mass is 259 g/mol. The lowest BCUT2D eigenvalue weighted by atomic mass is 10.3. The molecule has 0 radical (unpaired) electrons. The number of hydrogen-bond donors (Lipinski definition) is 2. The minimum absolute atomic E-state index is 0.386. The lowest BCUT2D eigenvalue weighted by molar-refractivity contribution is -0.131. The fraction of sp³-hybridized carbons (Fsp3) is 0. The number of hydrogen-bond acceptors (Lipinski definition) is 5. The van der Waals surface area contributed by atoms with Crippen LogP contribution in [0.1, 0.15) is 0 Å². The number of pyridine rings is 1. The quantitative estimate of drug-likeness (QED) is 0.761. The second-order valence-corrected chi connectivity index (χ2v) is 3.38. The van der Waals surface area contributed by atoms with E-state index in [0.717, 1.165) is 12.2 Å². The molecular formula is C11H9N5O3. The molecule has 8 heteroatoms. The lowest BCUT2D eigenvalue weighted by Gasteiger charge is -2.07. The third-order valence-electron chi connectivity index (χ3n) is 2.06. The summed E-state index contributed by atoms with van der Waals surface area (Å²) in [5, 5.41) is 14.9. The molecule has 0 saturated carbocycles. The van der Waals surface area contributed by atoms with E-state index in [1.807, 2.05) is 0 Å². The number of anilines is 1. The summed E-state index contributed by atoms with van der Waals surface area (Å²) in [6.07, 6.45) is 5.98. The molecule has 0 spiro atoms. The van der Waals surface area contributed by atoms with Crippen LogP contribution in [0.3, 0.4) is 0 Å². The minimum Gasteiger partial charge on any atom is -0.478 e. The highest BCUT2D eigenvalue weighted by Crippen LogP contribution is 2.15. The number of carbonyl (C=O) groups is 2. The summed E-state index contributed by atoms with van der Waals surface area (Å²) in [7, 11) is 0. The predicted molar refractivity (Wildman–Crippen MR) is 64.6 cm³/mol. The summed E-state index contributed by atoms with van der Waals surface area (Å²) in [6.45, 7) is 0. The van der Waals surface area contributed by atoms with Crippen LogP contribution in [0.2, 0.25) is 0 Å². The van der Waals surface area contributed by atoms with Crippen molar-refractivity contribution in [1.82, 2.24) is 19.7 Å². The van der Waals surface area contributed by atoms with E-state index < -0.39 is 11.9 Å². The molecule has 0 unspecified atom stereocenters. The average Bonchev–Trinajstić information content (AvgIpc) is 2.91. The highest BCUT2D eigenvalue weighted by Gasteiger charge is 2.08. The maximum atomic E-state index is 11.5. The van der Waals surface area contributed by atoms with Crippen molar-refractivity contribution in [3.63, 3.8) is 0 Å². The van der Waals surface area contributed by atoms with Crippen LogP contribution in [0.4, 0.5) is 5.69 Å². The number of amides is 1. The summed E-state index contributed by atoms with van der Waals surface area (Å²) >= 11 is 0. The van der Waals surface area contributed by atoms with Crippen LogP contribution in [0.15, 0.2) is 43.1 Å². The Morgan fingerprint density at radius 1 is 1.37 bits per heavy atom. The summed E-state index contributed by atoms with van der Waals surface area (Å²) < 4.78 is 1.39. The van der Waals surface area contributed by atoms with Crippen molar-refractivity contribution in [2.75, 3.05) is 5.32 Å². The first-order valence-electron chi connectivity index (χ1n) is 5.19. The Bertz CT molecular complexity index is 621. The second-order valence-electron chi connectivity index (χ2n) is 3.38. The van der Waals surface area contributed by atoms with Crippen LogP contribution in [0, 0.1) is 0 Å². The minimum atomic E-state index is -1.20. The maximum absolute atomic E-state index is 11.5. The van der Waals surface area contributed by atoms with Crippen LogP contribution in [-0.4, -0.2) is 36.7 Å². The Morgan fingerprint density at radius 3 is 2.89 bits per heavy atom. The van der Waals surface area contributed by atoms with Gasteiger partial charge in [0.15, 0.2) is 5.82 Å². The molecule has 0 aliphatic carbocycles. The van der Waals surface area contributed by atoms with Gasteiger partial charge in [-0.25, -0.2) is 19.4 Å². The highest BCUT2D eigenvalue weighted by molar-refractivity contribution is 6.03. The van der Waals surface area contributed by atoms with Crippen molar-refractivity contribution in [3.05, 3.63) is 43.1 Å². The Labute approximate surface area is 107 Å². The second kappa shape index (κ2) is 5.54. The number of carboxylic acid groups (broad SMARTS) is 1. The van der Waals surface area contributed by atoms with Gasteiger partial charge in [-0.15, -0.1) is 0 Å². The number of nitrogens with one attached hydrogen (secondary N) is 1. The molecule has 0 atom stereocenters. The van der Waals surface area contributed by atoms with Gasteiger partial charge in [-0.05, 0) is 12.1 Å². The zero-order chi connectivity index (χ0) is 13.7. The Balaban J connectivity index is 2.22. The van der Waals surface area contributed by atoms with E-state index in [1.54, 1.807) is 18.3 Å². The zero-order valence-corrected chi connectivity index (χ0v) is 9.59. The molecule has 19 heavy (non-hydrogen) atoms. The number of aliphatic carboxylic acids is 1. The standard InChI is InChI=1S/C11H9N5O3/c17-9(3-4-10(18)19)15-8-2-1-5-13-11(8)16-7-12-6-14-16/h1-7H,(H,15,17)(H,18,19)/b4-3+. The third-order valence-corrected chi connectivity index (χ3v) is 2.06. The maximum Gasteiger partial charge on any atom is 0.328 e. The van der Waals surface area contributed by atoms with Crippen molar-refractivity contribution >= 4 is 17.6 Å². The van der Waals surface area contributed by atoms with E-state index in [0.29, 0.717) is 11.5 Å². The molecule has 0 bridgehead atoms. The van der Waals surface area contributed by atoms with Crippen LogP contribution >= 0.6 is 0 Å².